The third-order valence-electron chi connectivity index (χ3n) is 10.6. The van der Waals surface area contributed by atoms with Gasteiger partial charge in [-0.1, -0.05) is 128 Å². The number of fused-ring (bicyclic) bond motifs is 7. The second kappa shape index (κ2) is 17.8. The molecule has 0 amide bonds. The third-order valence-corrected chi connectivity index (χ3v) is 15.4. The molecule has 50 heavy (non-hydrogen) atoms. The number of benzene rings is 3. The zero-order chi connectivity index (χ0) is 34.1. The van der Waals surface area contributed by atoms with Crippen LogP contribution in [0.4, 0.5) is 0 Å². The Kier molecular flexibility index (Phi) is 12.8. The van der Waals surface area contributed by atoms with Crippen LogP contribution >= 0.6 is 45.3 Å². The molecule has 0 bridgehead atoms. The molecule has 0 atom stereocenters. The van der Waals surface area contributed by atoms with Crippen LogP contribution in [-0.2, 0) is 12.8 Å². The molecule has 0 unspecified atom stereocenters. The van der Waals surface area contributed by atoms with Crippen LogP contribution < -0.4 is 0 Å². The minimum Gasteiger partial charge on any atom is -0.139 e. The number of hydrogen-bond donors (Lipinski definition) is 0. The van der Waals surface area contributed by atoms with Crippen molar-refractivity contribution in [3.05, 3.63) is 82.6 Å². The summed E-state index contributed by atoms with van der Waals surface area (Å²) in [6, 6.07) is 28.7. The second-order valence-corrected chi connectivity index (χ2v) is 18.9. The van der Waals surface area contributed by atoms with E-state index in [-0.39, 0.29) is 0 Å². The Bertz CT molecular complexity index is 1960. The quantitative estimate of drug-likeness (QED) is 0.0540. The molecule has 0 N–H and O–H groups in total. The van der Waals surface area contributed by atoms with Gasteiger partial charge in [0.1, 0.15) is 0 Å². The van der Waals surface area contributed by atoms with Crippen molar-refractivity contribution in [2.24, 2.45) is 0 Å². The van der Waals surface area contributed by atoms with Crippen LogP contribution in [0.25, 0.3) is 61.2 Å². The monoisotopic (exact) mass is 734 g/mol. The van der Waals surface area contributed by atoms with Crippen molar-refractivity contribution in [3.8, 4) is 19.5 Å². The summed E-state index contributed by atoms with van der Waals surface area (Å²) in [5, 5.41) is 8.31. The summed E-state index contributed by atoms with van der Waals surface area (Å²) in [7, 11) is 0. The van der Waals surface area contributed by atoms with Crippen molar-refractivity contribution < 1.29 is 0 Å². The zero-order valence-corrected chi connectivity index (χ0v) is 33.6. The predicted octanol–water partition coefficient (Wildman–Crippen LogP) is 17.2. The first kappa shape index (κ1) is 35.9. The Morgan fingerprint density at radius 2 is 0.680 bits per heavy atom. The SMILES string of the molecule is CCCCCCCCCCc1ccc(-c2cc3c(ccc4c3ccc3c5cc(-c6ccc(CCCCCCCCCC)s6)sc5ccc34)s2)s1. The molecule has 0 aliphatic heterocycles. The molecular weight excluding hydrogens is 681 g/mol. The summed E-state index contributed by atoms with van der Waals surface area (Å²) in [6.45, 7) is 4.60. The van der Waals surface area contributed by atoms with Crippen LogP contribution in [0.15, 0.2) is 72.8 Å². The summed E-state index contributed by atoms with van der Waals surface area (Å²) in [6.07, 6.45) is 24.6. The van der Waals surface area contributed by atoms with Gasteiger partial charge in [0.05, 0.1) is 0 Å². The zero-order valence-electron chi connectivity index (χ0n) is 30.3. The van der Waals surface area contributed by atoms with E-state index in [0.29, 0.717) is 0 Å². The Labute approximate surface area is 316 Å². The summed E-state index contributed by atoms with van der Waals surface area (Å²) in [5.74, 6) is 0. The topological polar surface area (TPSA) is 0 Å². The van der Waals surface area contributed by atoms with Crippen molar-refractivity contribution in [2.45, 2.75) is 129 Å². The lowest BCUT2D eigenvalue weighted by molar-refractivity contribution is 0.576. The average molecular weight is 735 g/mol. The Hall–Kier alpha value is -2.50. The maximum Gasteiger partial charge on any atom is 0.0455 e. The van der Waals surface area contributed by atoms with Gasteiger partial charge in [-0.2, -0.15) is 0 Å². The van der Waals surface area contributed by atoms with Gasteiger partial charge in [0.25, 0.3) is 0 Å². The van der Waals surface area contributed by atoms with Gasteiger partial charge >= 0.3 is 0 Å². The predicted molar refractivity (Wildman–Crippen MR) is 231 cm³/mol. The van der Waals surface area contributed by atoms with Crippen molar-refractivity contribution in [1.82, 2.24) is 0 Å². The summed E-state index contributed by atoms with van der Waals surface area (Å²) < 4.78 is 2.79. The second-order valence-electron chi connectivity index (χ2n) is 14.4. The maximum atomic E-state index is 2.46. The molecule has 0 aliphatic rings. The Morgan fingerprint density at radius 1 is 0.320 bits per heavy atom. The molecule has 7 rings (SSSR count). The van der Waals surface area contributed by atoms with Gasteiger partial charge in [-0.25, -0.2) is 0 Å². The maximum absolute atomic E-state index is 2.46. The van der Waals surface area contributed by atoms with Crippen molar-refractivity contribution >= 4 is 87.1 Å². The normalized spacial score (nSPS) is 12.0. The fourth-order valence-electron chi connectivity index (χ4n) is 7.66. The highest BCUT2D eigenvalue weighted by Crippen LogP contribution is 2.44. The van der Waals surface area contributed by atoms with Gasteiger partial charge in [0.2, 0.25) is 0 Å². The van der Waals surface area contributed by atoms with E-state index in [0.717, 1.165) is 0 Å². The first-order valence-corrected chi connectivity index (χ1v) is 23.0. The van der Waals surface area contributed by atoms with Crippen LogP contribution in [-0.4, -0.2) is 0 Å². The van der Waals surface area contributed by atoms with Crippen molar-refractivity contribution in [1.29, 1.82) is 0 Å². The molecule has 0 spiro atoms. The third kappa shape index (κ3) is 8.58. The fourth-order valence-corrected chi connectivity index (χ4v) is 12.1. The first-order valence-electron chi connectivity index (χ1n) is 19.7. The molecule has 0 radical (unpaired) electrons. The molecule has 3 aromatic carbocycles. The lowest BCUT2D eigenvalue weighted by atomic mass is 9.98. The van der Waals surface area contributed by atoms with E-state index in [1.165, 1.54) is 177 Å². The van der Waals surface area contributed by atoms with Gasteiger partial charge in [-0.15, -0.1) is 45.3 Å². The molecule has 0 aliphatic carbocycles. The number of rotatable bonds is 20. The van der Waals surface area contributed by atoms with Crippen LogP contribution in [0, 0.1) is 0 Å². The molecule has 4 aromatic heterocycles. The fraction of sp³-hybridized carbons (Fsp3) is 0.435. The summed E-state index contributed by atoms with van der Waals surface area (Å²) in [4.78, 5) is 8.76. The van der Waals surface area contributed by atoms with Gasteiger partial charge < -0.3 is 0 Å². The number of aryl methyl sites for hydroxylation is 2. The van der Waals surface area contributed by atoms with E-state index in [2.05, 4.69) is 86.6 Å². The smallest absolute Gasteiger partial charge is 0.0455 e. The molecule has 0 fully saturated rings. The molecule has 0 nitrogen and oxygen atoms in total. The van der Waals surface area contributed by atoms with Crippen LogP contribution in [0.1, 0.15) is 126 Å². The molecule has 262 valence electrons. The van der Waals surface area contributed by atoms with Crippen molar-refractivity contribution in [2.75, 3.05) is 0 Å². The summed E-state index contributed by atoms with van der Waals surface area (Å²) >= 11 is 7.93. The van der Waals surface area contributed by atoms with E-state index >= 15 is 0 Å². The van der Waals surface area contributed by atoms with E-state index in [9.17, 15) is 0 Å². The lowest BCUT2D eigenvalue weighted by Gasteiger charge is -2.06. The standard InChI is InChI=1S/C46H54S4/c1-3-5-7-9-11-13-15-17-19-33-21-27-43(47-33)45-31-39-37-23-24-38-36(35(37)25-29-41(39)49-45)26-30-42-40(38)32-46(50-42)44-28-22-34(48-44)20-18-16-14-12-10-8-6-4-2/h21-32H,3-20H2,1-2H3. The minimum absolute atomic E-state index is 1.23. The van der Waals surface area contributed by atoms with Gasteiger partial charge in [0, 0.05) is 49.4 Å². The van der Waals surface area contributed by atoms with E-state index in [1.54, 1.807) is 9.75 Å². The Morgan fingerprint density at radius 3 is 1.10 bits per heavy atom. The molecule has 7 aromatic rings. The molecule has 0 saturated carbocycles. The minimum atomic E-state index is 1.23. The molecule has 4 heteroatoms. The average Bonchev–Trinajstić information content (AvgIpc) is 3.96. The van der Waals surface area contributed by atoms with Crippen LogP contribution in [0.2, 0.25) is 0 Å². The number of thiophene rings is 4. The molecule has 4 heterocycles. The highest BCUT2D eigenvalue weighted by Gasteiger charge is 2.14. The lowest BCUT2D eigenvalue weighted by Crippen LogP contribution is -1.83. The highest BCUT2D eigenvalue weighted by atomic mass is 32.1. The van der Waals surface area contributed by atoms with E-state index in [4.69, 9.17) is 0 Å². The number of hydrogen-bond acceptors (Lipinski definition) is 4. The van der Waals surface area contributed by atoms with Crippen LogP contribution in [0.3, 0.4) is 0 Å². The van der Waals surface area contributed by atoms with Gasteiger partial charge in [0.15, 0.2) is 0 Å². The Balaban J connectivity index is 1.02. The van der Waals surface area contributed by atoms with E-state index < -0.39 is 0 Å². The highest BCUT2D eigenvalue weighted by molar-refractivity contribution is 7.26. The van der Waals surface area contributed by atoms with Crippen molar-refractivity contribution in [3.63, 3.8) is 0 Å². The van der Waals surface area contributed by atoms with E-state index in [1.807, 2.05) is 45.3 Å². The van der Waals surface area contributed by atoms with Gasteiger partial charge in [-0.05, 0) is 95.8 Å². The van der Waals surface area contributed by atoms with Gasteiger partial charge in [-0.3, -0.25) is 0 Å². The first-order chi connectivity index (χ1) is 24.7. The molecular formula is C46H54S4. The summed E-state index contributed by atoms with van der Waals surface area (Å²) in [5.41, 5.74) is 0. The molecule has 0 saturated heterocycles. The van der Waals surface area contributed by atoms with Crippen LogP contribution in [0.5, 0.6) is 0 Å². The largest absolute Gasteiger partial charge is 0.139 e. The number of unbranched alkanes of at least 4 members (excludes halogenated alkanes) is 14.